The molecule has 4 aromatic rings. The van der Waals surface area contributed by atoms with E-state index in [2.05, 4.69) is 81.4 Å². The van der Waals surface area contributed by atoms with Gasteiger partial charge in [0.1, 0.15) is 11.8 Å². The Morgan fingerprint density at radius 2 is 1.70 bits per heavy atom. The van der Waals surface area contributed by atoms with E-state index in [1.54, 1.807) is 0 Å². The van der Waals surface area contributed by atoms with E-state index in [1.165, 1.54) is 5.56 Å². The molecule has 6 heteroatoms. The molecule has 0 bridgehead atoms. The summed E-state index contributed by atoms with van der Waals surface area (Å²) in [7, 11) is 0. The molecule has 0 amide bonds. The molecule has 1 aliphatic heterocycles. The van der Waals surface area contributed by atoms with Crippen LogP contribution in [-0.2, 0) is 0 Å². The van der Waals surface area contributed by atoms with Crippen molar-refractivity contribution in [2.45, 2.75) is 25.9 Å². The maximum atomic E-state index is 5.86. The molecule has 2 aromatic carbocycles. The molecule has 3 heterocycles. The highest BCUT2D eigenvalue weighted by molar-refractivity contribution is 7.80. The molecule has 5 rings (SSSR count). The molecule has 1 aliphatic rings. The fourth-order valence-electron chi connectivity index (χ4n) is 4.38. The van der Waals surface area contributed by atoms with Crippen LogP contribution in [0.5, 0.6) is 5.75 Å². The normalized spacial score (nSPS) is 17.8. The first-order chi connectivity index (χ1) is 16.2. The van der Waals surface area contributed by atoms with Gasteiger partial charge in [-0.1, -0.05) is 23.8 Å². The predicted octanol–water partition coefficient (Wildman–Crippen LogP) is 5.76. The topological polar surface area (TPSA) is 42.3 Å². The predicted molar refractivity (Wildman–Crippen MR) is 136 cm³/mol. The molecule has 33 heavy (non-hydrogen) atoms. The van der Waals surface area contributed by atoms with Gasteiger partial charge in [-0.25, -0.2) is 0 Å². The van der Waals surface area contributed by atoms with Crippen LogP contribution in [0, 0.1) is 6.92 Å². The summed E-state index contributed by atoms with van der Waals surface area (Å²) in [4.78, 5) is 6.84. The van der Waals surface area contributed by atoms with E-state index < -0.39 is 0 Å². The van der Waals surface area contributed by atoms with Crippen molar-refractivity contribution in [3.8, 4) is 11.4 Å². The number of hydrogen-bond donors (Lipinski definition) is 1. The molecule has 0 aliphatic carbocycles. The minimum absolute atomic E-state index is 0.0818. The number of hydrogen-bond acceptors (Lipinski definition) is 3. The van der Waals surface area contributed by atoms with Crippen LogP contribution in [0.4, 0.5) is 5.69 Å². The fraction of sp³-hybridized carbons (Fsp3) is 0.185. The average Bonchev–Trinajstić information content (AvgIpc) is 3.45. The Morgan fingerprint density at radius 3 is 2.39 bits per heavy atom. The van der Waals surface area contributed by atoms with Crippen LogP contribution in [0.25, 0.3) is 5.69 Å². The molecule has 1 N–H and O–H groups in total. The van der Waals surface area contributed by atoms with E-state index >= 15 is 0 Å². The van der Waals surface area contributed by atoms with Gasteiger partial charge >= 0.3 is 0 Å². The van der Waals surface area contributed by atoms with Gasteiger partial charge in [0.15, 0.2) is 5.11 Å². The summed E-state index contributed by atoms with van der Waals surface area (Å²) in [6.07, 6.45) is 3.93. The monoisotopic (exact) mass is 454 g/mol. The smallest absolute Gasteiger partial charge is 0.174 e. The molecule has 0 spiro atoms. The highest BCUT2D eigenvalue weighted by Gasteiger charge is 2.42. The van der Waals surface area contributed by atoms with Gasteiger partial charge in [-0.2, -0.15) is 0 Å². The molecule has 0 saturated carbocycles. The van der Waals surface area contributed by atoms with Crippen molar-refractivity contribution in [1.29, 1.82) is 0 Å². The number of aryl methyl sites for hydroxylation is 1. The van der Waals surface area contributed by atoms with E-state index in [0.717, 1.165) is 28.5 Å². The van der Waals surface area contributed by atoms with Crippen molar-refractivity contribution in [3.63, 3.8) is 0 Å². The zero-order valence-electron chi connectivity index (χ0n) is 18.7. The van der Waals surface area contributed by atoms with E-state index in [-0.39, 0.29) is 12.1 Å². The van der Waals surface area contributed by atoms with Gasteiger partial charge in [0.25, 0.3) is 0 Å². The van der Waals surface area contributed by atoms with Crippen molar-refractivity contribution in [1.82, 2.24) is 14.9 Å². The van der Waals surface area contributed by atoms with Crippen LogP contribution in [0.3, 0.4) is 0 Å². The van der Waals surface area contributed by atoms with Gasteiger partial charge in [0.05, 0.1) is 18.3 Å². The number of anilines is 1. The zero-order valence-corrected chi connectivity index (χ0v) is 19.5. The van der Waals surface area contributed by atoms with E-state index in [4.69, 9.17) is 17.0 Å². The number of nitrogens with one attached hydrogen (secondary N) is 1. The third kappa shape index (κ3) is 4.10. The Hall–Kier alpha value is -3.64. The van der Waals surface area contributed by atoms with Gasteiger partial charge in [0, 0.05) is 29.5 Å². The summed E-state index contributed by atoms with van der Waals surface area (Å²) in [5.74, 6) is 0.847. The first-order valence-electron chi connectivity index (χ1n) is 11.1. The van der Waals surface area contributed by atoms with Crippen molar-refractivity contribution >= 4 is 23.0 Å². The summed E-state index contributed by atoms with van der Waals surface area (Å²) in [5.41, 5.74) is 5.45. The van der Waals surface area contributed by atoms with Crippen molar-refractivity contribution in [3.05, 3.63) is 108 Å². The number of rotatable bonds is 6. The number of nitrogens with zero attached hydrogens (tertiary/aromatic N) is 3. The van der Waals surface area contributed by atoms with Gasteiger partial charge in [-0.05, 0) is 86.7 Å². The third-order valence-corrected chi connectivity index (χ3v) is 6.23. The highest BCUT2D eigenvalue weighted by atomic mass is 32.1. The average molecular weight is 455 g/mol. The number of pyridine rings is 1. The Balaban J connectivity index is 1.62. The Kier molecular flexibility index (Phi) is 5.84. The van der Waals surface area contributed by atoms with Crippen molar-refractivity contribution in [2.75, 3.05) is 11.5 Å². The molecule has 2 aromatic heterocycles. The first-order valence-corrected chi connectivity index (χ1v) is 11.5. The minimum atomic E-state index is -0.0932. The lowest BCUT2D eigenvalue weighted by molar-refractivity contribution is 0.340. The Bertz CT molecular complexity index is 1240. The summed E-state index contributed by atoms with van der Waals surface area (Å²) in [6, 6.07) is 26.8. The first kappa shape index (κ1) is 21.2. The molecular formula is C27H26N4OS. The van der Waals surface area contributed by atoms with Gasteiger partial charge in [-0.3, -0.25) is 4.98 Å². The van der Waals surface area contributed by atoms with Gasteiger partial charge in [-0.15, -0.1) is 0 Å². The Labute approximate surface area is 199 Å². The maximum absolute atomic E-state index is 5.86. The second kappa shape index (κ2) is 9.08. The summed E-state index contributed by atoms with van der Waals surface area (Å²) >= 11 is 5.86. The molecule has 0 unspecified atom stereocenters. The molecular weight excluding hydrogens is 428 g/mol. The second-order valence-corrected chi connectivity index (χ2v) is 8.45. The van der Waals surface area contributed by atoms with E-state index in [1.807, 2.05) is 43.5 Å². The largest absolute Gasteiger partial charge is 0.494 e. The van der Waals surface area contributed by atoms with Gasteiger partial charge in [0.2, 0.25) is 0 Å². The van der Waals surface area contributed by atoms with Crippen LogP contribution >= 0.6 is 12.2 Å². The van der Waals surface area contributed by atoms with Crippen molar-refractivity contribution < 1.29 is 4.74 Å². The number of aromatic nitrogens is 2. The second-order valence-electron chi connectivity index (χ2n) is 8.06. The molecule has 166 valence electrons. The number of thiocarbonyl (C=S) groups is 1. The highest BCUT2D eigenvalue weighted by Crippen LogP contribution is 2.42. The summed E-state index contributed by atoms with van der Waals surface area (Å²) in [6.45, 7) is 4.72. The fourth-order valence-corrected chi connectivity index (χ4v) is 4.72. The summed E-state index contributed by atoms with van der Waals surface area (Å²) < 4.78 is 7.88. The number of ether oxygens (including phenoxy) is 1. The van der Waals surface area contributed by atoms with Gasteiger partial charge < -0.3 is 19.5 Å². The number of benzene rings is 2. The molecule has 5 nitrogen and oxygen atoms in total. The molecule has 1 fully saturated rings. The molecule has 0 radical (unpaired) electrons. The lowest BCUT2D eigenvalue weighted by atomic mass is 10.0. The van der Waals surface area contributed by atoms with Crippen LogP contribution < -0.4 is 15.0 Å². The zero-order chi connectivity index (χ0) is 22.8. The maximum Gasteiger partial charge on any atom is 0.174 e. The lowest BCUT2D eigenvalue weighted by Crippen LogP contribution is -2.30. The van der Waals surface area contributed by atoms with Crippen molar-refractivity contribution in [2.24, 2.45) is 0 Å². The summed E-state index contributed by atoms with van der Waals surface area (Å²) in [5, 5.41) is 4.21. The van der Waals surface area contributed by atoms with Crippen LogP contribution in [0.15, 0.2) is 91.3 Å². The third-order valence-electron chi connectivity index (χ3n) is 5.92. The molecule has 2 atom stereocenters. The Morgan fingerprint density at radius 1 is 0.939 bits per heavy atom. The van der Waals surface area contributed by atoms with Crippen LogP contribution in [0.1, 0.15) is 36.0 Å². The van der Waals surface area contributed by atoms with E-state index in [9.17, 15) is 0 Å². The van der Waals surface area contributed by atoms with Crippen LogP contribution in [0.2, 0.25) is 0 Å². The SMILES string of the molecule is CCOc1ccc(N2C(=S)N[C@@H](c3ccccn3)[C@H]2c2cccn2-c2ccc(C)cc2)cc1. The molecule has 1 saturated heterocycles. The van der Waals surface area contributed by atoms with E-state index in [0.29, 0.717) is 11.7 Å². The van der Waals surface area contributed by atoms with Crippen LogP contribution in [-0.4, -0.2) is 21.3 Å². The lowest BCUT2D eigenvalue weighted by Gasteiger charge is -2.29. The quantitative estimate of drug-likeness (QED) is 0.376. The standard InChI is InChI=1S/C27H26N4OS/c1-3-32-22-15-13-21(14-16-22)31-26(25(29-27(31)33)23-7-4-5-17-28-23)24-8-6-18-30(24)20-11-9-19(2)10-12-20/h4-18,25-26H,3H2,1-2H3,(H,29,33)/t25-,26+/m0/s1. The minimum Gasteiger partial charge on any atom is -0.494 e.